The summed E-state index contributed by atoms with van der Waals surface area (Å²) in [6.07, 6.45) is 1.65. The van der Waals surface area contributed by atoms with Gasteiger partial charge in [0.05, 0.1) is 0 Å². The lowest BCUT2D eigenvalue weighted by atomic mass is 10.1. The van der Waals surface area contributed by atoms with Crippen molar-refractivity contribution in [2.45, 2.75) is 39.2 Å². The number of ether oxygens (including phenoxy) is 1. The number of hydrogen-bond donors (Lipinski definition) is 0. The third-order valence-electron chi connectivity index (χ3n) is 2.22. The molecule has 0 unspecified atom stereocenters. The first kappa shape index (κ1) is 14.9. The zero-order valence-corrected chi connectivity index (χ0v) is 12.4. The van der Waals surface area contributed by atoms with Crippen LogP contribution >= 0.6 is 15.9 Å². The van der Waals surface area contributed by atoms with Gasteiger partial charge in [0, 0.05) is 16.5 Å². The van der Waals surface area contributed by atoms with Gasteiger partial charge in [0.15, 0.2) is 0 Å². The van der Waals surface area contributed by atoms with Crippen molar-refractivity contribution in [2.24, 2.45) is 0 Å². The first-order valence-electron chi connectivity index (χ1n) is 5.77. The Bertz CT molecular complexity index is 447. The van der Waals surface area contributed by atoms with Crippen LogP contribution in [0.5, 0.6) is 0 Å². The van der Waals surface area contributed by atoms with Crippen LogP contribution in [0.2, 0.25) is 0 Å². The summed E-state index contributed by atoms with van der Waals surface area (Å²) >= 11 is 3.40. The summed E-state index contributed by atoms with van der Waals surface area (Å²) in [5, 5.41) is 0. The molecule has 0 heterocycles. The van der Waals surface area contributed by atoms with Gasteiger partial charge in [-0.05, 0) is 44.9 Å². The molecule has 4 heteroatoms. The van der Waals surface area contributed by atoms with Crippen molar-refractivity contribution in [1.82, 2.24) is 0 Å². The Kier molecular flexibility index (Phi) is 5.08. The van der Waals surface area contributed by atoms with E-state index in [1.807, 2.05) is 26.8 Å². The molecule has 0 amide bonds. The Morgan fingerprint density at radius 3 is 2.61 bits per heavy atom. The number of aryl methyl sites for hydroxylation is 1. The molecule has 3 nitrogen and oxygen atoms in total. The van der Waals surface area contributed by atoms with Crippen molar-refractivity contribution >= 4 is 28.2 Å². The molecule has 0 spiro atoms. The minimum Gasteiger partial charge on any atom is -0.460 e. The Morgan fingerprint density at radius 1 is 1.39 bits per heavy atom. The van der Waals surface area contributed by atoms with Crippen LogP contribution in [0.4, 0.5) is 0 Å². The van der Waals surface area contributed by atoms with Crippen molar-refractivity contribution in [3.8, 4) is 0 Å². The van der Waals surface area contributed by atoms with Crippen LogP contribution in [0.1, 0.15) is 43.1 Å². The Labute approximate surface area is 116 Å². The molecule has 0 N–H and O–H groups in total. The Morgan fingerprint density at radius 2 is 2.06 bits per heavy atom. The van der Waals surface area contributed by atoms with Gasteiger partial charge in [0.25, 0.3) is 0 Å². The number of carbonyl (C=O) groups excluding carboxylic acids is 2. The maximum absolute atomic E-state index is 11.6. The molecule has 0 aliphatic rings. The largest absolute Gasteiger partial charge is 0.460 e. The average molecular weight is 313 g/mol. The minimum atomic E-state index is -0.459. The van der Waals surface area contributed by atoms with Crippen molar-refractivity contribution in [3.63, 3.8) is 0 Å². The van der Waals surface area contributed by atoms with Crippen LogP contribution in [0.3, 0.4) is 0 Å². The highest BCUT2D eigenvalue weighted by Gasteiger charge is 2.16. The molecule has 1 rings (SSSR count). The van der Waals surface area contributed by atoms with E-state index in [1.165, 1.54) is 0 Å². The summed E-state index contributed by atoms with van der Waals surface area (Å²) in [6, 6.07) is 5.32. The van der Waals surface area contributed by atoms with Crippen LogP contribution in [0.15, 0.2) is 22.7 Å². The molecule has 0 fully saturated rings. The molecular formula is C14H17BrO3. The fourth-order valence-electron chi connectivity index (χ4n) is 1.49. The molecule has 0 radical (unpaired) electrons. The van der Waals surface area contributed by atoms with E-state index in [9.17, 15) is 9.59 Å². The summed E-state index contributed by atoms with van der Waals surface area (Å²) < 4.78 is 6.13. The number of rotatable bonds is 4. The van der Waals surface area contributed by atoms with Crippen LogP contribution in [-0.4, -0.2) is 17.9 Å². The highest BCUT2D eigenvalue weighted by molar-refractivity contribution is 9.10. The lowest BCUT2D eigenvalue weighted by molar-refractivity contribution is -0.154. The number of halogens is 1. The van der Waals surface area contributed by atoms with Gasteiger partial charge in [-0.15, -0.1) is 0 Å². The summed E-state index contributed by atoms with van der Waals surface area (Å²) in [5.74, 6) is -0.231. The smallest absolute Gasteiger partial charge is 0.306 e. The van der Waals surface area contributed by atoms with Gasteiger partial charge in [-0.3, -0.25) is 9.59 Å². The normalized spacial score (nSPS) is 11.1. The molecule has 0 saturated heterocycles. The third kappa shape index (κ3) is 5.00. The SMILES string of the molecule is CC(C)(C)OC(=O)CCc1cc(C=O)ccc1Br. The van der Waals surface area contributed by atoms with E-state index in [0.29, 0.717) is 18.4 Å². The molecule has 0 atom stereocenters. The summed E-state index contributed by atoms with van der Waals surface area (Å²) in [4.78, 5) is 22.3. The van der Waals surface area contributed by atoms with Crippen molar-refractivity contribution in [2.75, 3.05) is 0 Å². The van der Waals surface area contributed by atoms with E-state index in [2.05, 4.69) is 15.9 Å². The number of esters is 1. The van der Waals surface area contributed by atoms with Gasteiger partial charge in [-0.2, -0.15) is 0 Å². The predicted molar refractivity (Wildman–Crippen MR) is 73.7 cm³/mol. The second-order valence-electron chi connectivity index (χ2n) is 5.06. The minimum absolute atomic E-state index is 0.231. The molecule has 1 aromatic carbocycles. The molecule has 98 valence electrons. The van der Waals surface area contributed by atoms with E-state index < -0.39 is 5.60 Å². The van der Waals surface area contributed by atoms with Crippen molar-refractivity contribution in [3.05, 3.63) is 33.8 Å². The fourth-order valence-corrected chi connectivity index (χ4v) is 1.93. The Hall–Kier alpha value is -1.16. The number of hydrogen-bond acceptors (Lipinski definition) is 3. The van der Waals surface area contributed by atoms with E-state index in [4.69, 9.17) is 4.74 Å². The molecule has 0 aliphatic heterocycles. The molecule has 18 heavy (non-hydrogen) atoms. The lowest BCUT2D eigenvalue weighted by Gasteiger charge is -2.19. The Balaban J connectivity index is 2.63. The first-order valence-corrected chi connectivity index (χ1v) is 6.56. The summed E-state index contributed by atoms with van der Waals surface area (Å²) in [6.45, 7) is 5.52. The fraction of sp³-hybridized carbons (Fsp3) is 0.429. The average Bonchev–Trinajstić information content (AvgIpc) is 2.25. The monoisotopic (exact) mass is 312 g/mol. The molecule has 0 aromatic heterocycles. The van der Waals surface area contributed by atoms with Gasteiger partial charge in [-0.25, -0.2) is 0 Å². The summed E-state index contributed by atoms with van der Waals surface area (Å²) in [7, 11) is 0. The standard InChI is InChI=1S/C14H17BrO3/c1-14(2,3)18-13(17)7-5-11-8-10(9-16)4-6-12(11)15/h4,6,8-9H,5,7H2,1-3H3. The predicted octanol–water partition coefficient (Wildman–Crippen LogP) is 3.54. The van der Waals surface area contributed by atoms with Crippen LogP contribution in [-0.2, 0) is 16.0 Å². The van der Waals surface area contributed by atoms with E-state index in [-0.39, 0.29) is 5.97 Å². The van der Waals surface area contributed by atoms with Crippen LogP contribution < -0.4 is 0 Å². The van der Waals surface area contributed by atoms with Crippen LogP contribution in [0, 0.1) is 0 Å². The van der Waals surface area contributed by atoms with E-state index in [1.54, 1.807) is 12.1 Å². The maximum atomic E-state index is 11.6. The molecule has 0 aliphatic carbocycles. The second-order valence-corrected chi connectivity index (χ2v) is 5.91. The highest BCUT2D eigenvalue weighted by atomic mass is 79.9. The topological polar surface area (TPSA) is 43.4 Å². The van der Waals surface area contributed by atoms with E-state index in [0.717, 1.165) is 16.3 Å². The van der Waals surface area contributed by atoms with E-state index >= 15 is 0 Å². The van der Waals surface area contributed by atoms with Crippen molar-refractivity contribution < 1.29 is 14.3 Å². The quantitative estimate of drug-likeness (QED) is 0.631. The lowest BCUT2D eigenvalue weighted by Crippen LogP contribution is -2.24. The molecule has 1 aromatic rings. The molecule has 0 saturated carbocycles. The van der Waals surface area contributed by atoms with Gasteiger partial charge >= 0.3 is 5.97 Å². The van der Waals surface area contributed by atoms with Gasteiger partial charge in [-0.1, -0.05) is 22.0 Å². The number of aldehydes is 1. The first-order chi connectivity index (χ1) is 8.31. The maximum Gasteiger partial charge on any atom is 0.306 e. The second kappa shape index (κ2) is 6.14. The molecular weight excluding hydrogens is 296 g/mol. The number of benzene rings is 1. The zero-order valence-electron chi connectivity index (χ0n) is 10.8. The summed E-state index contributed by atoms with van der Waals surface area (Å²) in [5.41, 5.74) is 1.08. The van der Waals surface area contributed by atoms with Crippen LogP contribution in [0.25, 0.3) is 0 Å². The zero-order chi connectivity index (χ0) is 13.8. The van der Waals surface area contributed by atoms with Gasteiger partial charge < -0.3 is 4.74 Å². The van der Waals surface area contributed by atoms with Gasteiger partial charge in [0.2, 0.25) is 0 Å². The van der Waals surface area contributed by atoms with Gasteiger partial charge in [0.1, 0.15) is 11.9 Å². The highest BCUT2D eigenvalue weighted by Crippen LogP contribution is 2.20. The number of carbonyl (C=O) groups is 2. The third-order valence-corrected chi connectivity index (χ3v) is 3.00. The van der Waals surface area contributed by atoms with Crippen molar-refractivity contribution in [1.29, 1.82) is 0 Å². The molecule has 0 bridgehead atoms.